The fraction of sp³-hybridized carbons (Fsp3) is 1.00. The van der Waals surface area contributed by atoms with Crippen molar-refractivity contribution in [3.8, 4) is 0 Å². The number of β-amino-alcohol motifs (C(OH)–C–C–N with tert-alkyl or cyclic N) is 1. The fourth-order valence-corrected chi connectivity index (χ4v) is 5.53. The Balaban J connectivity index is 1.69. The summed E-state index contributed by atoms with van der Waals surface area (Å²) in [6.07, 6.45) is -0.222. The molecule has 0 aliphatic carbocycles. The molecule has 0 saturated carbocycles. The van der Waals surface area contributed by atoms with Crippen molar-refractivity contribution < 1.29 is 5.11 Å². The second kappa shape index (κ2) is 8.86. The highest BCUT2D eigenvalue weighted by Crippen LogP contribution is 2.21. The van der Waals surface area contributed by atoms with Gasteiger partial charge in [0, 0.05) is 68.3 Å². The van der Waals surface area contributed by atoms with Gasteiger partial charge in [-0.25, -0.2) is 0 Å². The van der Waals surface area contributed by atoms with Gasteiger partial charge in [0.2, 0.25) is 0 Å². The van der Waals surface area contributed by atoms with Crippen molar-refractivity contribution in [2.45, 2.75) is 12.1 Å². The van der Waals surface area contributed by atoms with Crippen LogP contribution in [-0.4, -0.2) is 108 Å². The second-order valence-electron chi connectivity index (χ2n) is 6.06. The van der Waals surface area contributed by atoms with Crippen molar-refractivity contribution in [2.75, 3.05) is 76.4 Å². The van der Waals surface area contributed by atoms with Crippen molar-refractivity contribution >= 4 is 23.5 Å². The number of aliphatic hydroxyl groups excluding tert-OH is 1. The molecule has 2 aliphatic heterocycles. The van der Waals surface area contributed by atoms with Crippen molar-refractivity contribution in [1.82, 2.24) is 14.7 Å². The molecule has 0 bridgehead atoms. The van der Waals surface area contributed by atoms with E-state index in [9.17, 15) is 5.11 Å². The summed E-state index contributed by atoms with van der Waals surface area (Å²) in [4.78, 5) is 7.14. The minimum Gasteiger partial charge on any atom is -0.390 e. The monoisotopic (exact) mass is 319 g/mol. The van der Waals surface area contributed by atoms with E-state index in [0.717, 1.165) is 32.2 Å². The molecule has 0 radical (unpaired) electrons. The standard InChI is InChI=1S/C14H29N3OS2/c1-15(2)9-14(18)10-16-3-5-17(6-4-16)13-11-19-7-8-20-12-13/h13-14,18H,3-12H2,1-2H3. The lowest BCUT2D eigenvalue weighted by molar-refractivity contribution is 0.0526. The molecule has 6 heteroatoms. The number of nitrogens with zero attached hydrogens (tertiary/aromatic N) is 3. The maximum Gasteiger partial charge on any atom is 0.0793 e. The molecule has 0 aromatic heterocycles. The highest BCUT2D eigenvalue weighted by molar-refractivity contribution is 8.03. The number of likely N-dealkylation sites (N-methyl/N-ethyl adjacent to an activating group) is 1. The van der Waals surface area contributed by atoms with Crippen LogP contribution in [0.25, 0.3) is 0 Å². The van der Waals surface area contributed by atoms with Crippen molar-refractivity contribution in [3.05, 3.63) is 0 Å². The summed E-state index contributed by atoms with van der Waals surface area (Å²) in [5.41, 5.74) is 0. The summed E-state index contributed by atoms with van der Waals surface area (Å²) < 4.78 is 0. The molecule has 1 atom stereocenters. The quantitative estimate of drug-likeness (QED) is 0.788. The van der Waals surface area contributed by atoms with Crippen molar-refractivity contribution in [2.24, 2.45) is 0 Å². The van der Waals surface area contributed by atoms with Crippen LogP contribution in [0.1, 0.15) is 0 Å². The number of rotatable bonds is 5. The molecular formula is C14H29N3OS2. The van der Waals surface area contributed by atoms with Crippen LogP contribution in [0, 0.1) is 0 Å². The van der Waals surface area contributed by atoms with E-state index in [2.05, 4.69) is 38.2 Å². The maximum atomic E-state index is 10.0. The minimum absolute atomic E-state index is 0.222. The van der Waals surface area contributed by atoms with Gasteiger partial charge in [-0.15, -0.1) is 0 Å². The second-order valence-corrected chi connectivity index (χ2v) is 8.36. The summed E-state index contributed by atoms with van der Waals surface area (Å²) in [5, 5.41) is 10.0. The normalized spacial score (nSPS) is 25.8. The zero-order valence-corrected chi connectivity index (χ0v) is 14.5. The third-order valence-electron chi connectivity index (χ3n) is 3.96. The van der Waals surface area contributed by atoms with Crippen LogP contribution in [0.3, 0.4) is 0 Å². The highest BCUT2D eigenvalue weighted by Gasteiger charge is 2.25. The Morgan fingerprint density at radius 2 is 1.70 bits per heavy atom. The molecule has 4 nitrogen and oxygen atoms in total. The molecule has 0 aromatic carbocycles. The third kappa shape index (κ3) is 5.73. The molecule has 2 heterocycles. The van der Waals surface area contributed by atoms with Gasteiger partial charge in [-0.2, -0.15) is 23.5 Å². The van der Waals surface area contributed by atoms with Gasteiger partial charge < -0.3 is 10.0 Å². The lowest BCUT2D eigenvalue weighted by Gasteiger charge is -2.39. The first kappa shape index (κ1) is 16.9. The smallest absolute Gasteiger partial charge is 0.0793 e. The largest absolute Gasteiger partial charge is 0.390 e. The predicted molar refractivity (Wildman–Crippen MR) is 91.0 cm³/mol. The number of piperazine rings is 1. The van der Waals surface area contributed by atoms with Gasteiger partial charge in [0.05, 0.1) is 6.10 Å². The third-order valence-corrected chi connectivity index (χ3v) is 6.45. The number of thioether (sulfide) groups is 2. The first-order chi connectivity index (χ1) is 9.65. The first-order valence-corrected chi connectivity index (χ1v) is 9.91. The van der Waals surface area contributed by atoms with Crippen LogP contribution in [0.5, 0.6) is 0 Å². The zero-order valence-electron chi connectivity index (χ0n) is 12.8. The Labute approximate surface area is 132 Å². The van der Waals surface area contributed by atoms with E-state index in [-0.39, 0.29) is 6.10 Å². The van der Waals surface area contributed by atoms with Crippen LogP contribution in [0.2, 0.25) is 0 Å². The molecule has 0 amide bonds. The Kier molecular flexibility index (Phi) is 7.48. The number of hydrogen-bond acceptors (Lipinski definition) is 6. The average molecular weight is 320 g/mol. The molecule has 0 aromatic rings. The molecule has 20 heavy (non-hydrogen) atoms. The lowest BCUT2D eigenvalue weighted by atomic mass is 10.2. The van der Waals surface area contributed by atoms with E-state index in [0.29, 0.717) is 0 Å². The van der Waals surface area contributed by atoms with E-state index in [1.807, 2.05) is 14.1 Å². The molecule has 1 unspecified atom stereocenters. The molecule has 2 aliphatic rings. The SMILES string of the molecule is CN(C)CC(O)CN1CCN(C2CSCCSC2)CC1. The topological polar surface area (TPSA) is 30.0 Å². The van der Waals surface area contributed by atoms with Gasteiger partial charge in [-0.1, -0.05) is 0 Å². The molecule has 1 N–H and O–H groups in total. The van der Waals surface area contributed by atoms with Crippen molar-refractivity contribution in [1.29, 1.82) is 0 Å². The first-order valence-electron chi connectivity index (χ1n) is 7.60. The summed E-state index contributed by atoms with van der Waals surface area (Å²) in [5.74, 6) is 5.24. The van der Waals surface area contributed by atoms with E-state index in [1.54, 1.807) is 0 Å². The Hall–Kier alpha value is 0.540. The van der Waals surface area contributed by atoms with Crippen LogP contribution < -0.4 is 0 Å². The van der Waals surface area contributed by atoms with Gasteiger partial charge in [0.1, 0.15) is 0 Å². The Bertz CT molecular complexity index is 265. The van der Waals surface area contributed by atoms with Gasteiger partial charge in [0.25, 0.3) is 0 Å². The van der Waals surface area contributed by atoms with E-state index in [4.69, 9.17) is 0 Å². The zero-order chi connectivity index (χ0) is 14.4. The average Bonchev–Trinajstić information content (AvgIpc) is 2.67. The van der Waals surface area contributed by atoms with E-state index >= 15 is 0 Å². The lowest BCUT2D eigenvalue weighted by Crippen LogP contribution is -2.53. The Morgan fingerprint density at radius 1 is 1.10 bits per heavy atom. The predicted octanol–water partition coefficient (Wildman–Crippen LogP) is 0.375. The molecule has 2 rings (SSSR count). The van der Waals surface area contributed by atoms with E-state index in [1.165, 1.54) is 36.1 Å². The summed E-state index contributed by atoms with van der Waals surface area (Å²) in [7, 11) is 4.03. The highest BCUT2D eigenvalue weighted by atomic mass is 32.2. The summed E-state index contributed by atoms with van der Waals surface area (Å²) >= 11 is 4.23. The fourth-order valence-electron chi connectivity index (χ4n) is 2.90. The molecule has 0 spiro atoms. The molecule has 2 fully saturated rings. The van der Waals surface area contributed by atoms with Gasteiger partial charge in [0.15, 0.2) is 0 Å². The maximum absolute atomic E-state index is 10.0. The molecular weight excluding hydrogens is 290 g/mol. The van der Waals surface area contributed by atoms with Gasteiger partial charge >= 0.3 is 0 Å². The number of aliphatic hydroxyl groups is 1. The van der Waals surface area contributed by atoms with Crippen molar-refractivity contribution in [3.63, 3.8) is 0 Å². The van der Waals surface area contributed by atoms with Gasteiger partial charge in [-0.05, 0) is 14.1 Å². The molecule has 2 saturated heterocycles. The van der Waals surface area contributed by atoms with E-state index < -0.39 is 0 Å². The molecule has 118 valence electrons. The van der Waals surface area contributed by atoms with Crippen LogP contribution in [0.15, 0.2) is 0 Å². The van der Waals surface area contributed by atoms with Crippen LogP contribution in [0.4, 0.5) is 0 Å². The van der Waals surface area contributed by atoms with Crippen LogP contribution in [-0.2, 0) is 0 Å². The van der Waals surface area contributed by atoms with Crippen LogP contribution >= 0.6 is 23.5 Å². The number of hydrogen-bond donors (Lipinski definition) is 1. The van der Waals surface area contributed by atoms with Gasteiger partial charge in [-0.3, -0.25) is 9.80 Å². The summed E-state index contributed by atoms with van der Waals surface area (Å²) in [6, 6.07) is 0.765. The summed E-state index contributed by atoms with van der Waals surface area (Å²) in [6.45, 7) is 6.13. The Morgan fingerprint density at radius 3 is 2.25 bits per heavy atom. The minimum atomic E-state index is -0.222.